The van der Waals surface area contributed by atoms with Crippen molar-refractivity contribution in [1.82, 2.24) is 18.8 Å². The first-order chi connectivity index (χ1) is 11.7. The van der Waals surface area contributed by atoms with Gasteiger partial charge in [-0.2, -0.15) is 13.2 Å². The van der Waals surface area contributed by atoms with Gasteiger partial charge >= 0.3 is 6.18 Å². The Morgan fingerprint density at radius 2 is 1.96 bits per heavy atom. The second kappa shape index (κ2) is 6.56. The predicted octanol–water partition coefficient (Wildman–Crippen LogP) is 2.83. The third-order valence-electron chi connectivity index (χ3n) is 4.35. The lowest BCUT2D eigenvalue weighted by molar-refractivity contribution is -0.147. The van der Waals surface area contributed by atoms with Gasteiger partial charge in [-0.15, -0.1) is 0 Å². The Kier molecular flexibility index (Phi) is 4.76. The number of pyridine rings is 1. The Morgan fingerprint density at radius 3 is 2.56 bits per heavy atom. The van der Waals surface area contributed by atoms with E-state index in [-0.39, 0.29) is 30.0 Å². The lowest BCUT2D eigenvalue weighted by atomic mass is 10.1. The molecule has 0 N–H and O–H groups in total. The molecule has 3 heterocycles. The molecular weight excluding hydrogens is 357 g/mol. The summed E-state index contributed by atoms with van der Waals surface area (Å²) in [6.45, 7) is 2.19. The second-order valence-electron chi connectivity index (χ2n) is 6.10. The Hall–Kier alpha value is -1.68. The molecule has 0 radical (unpaired) electrons. The van der Waals surface area contributed by atoms with Crippen LogP contribution in [0.25, 0.3) is 11.2 Å². The maximum Gasteiger partial charge on any atom is 0.449 e. The fraction of sp³-hybridized carbons (Fsp3) is 0.600. The second-order valence-corrected chi connectivity index (χ2v) is 8.18. The number of sulfonamides is 1. The average Bonchev–Trinajstić information content (AvgIpc) is 2.95. The van der Waals surface area contributed by atoms with E-state index in [4.69, 9.17) is 0 Å². The molecule has 0 spiro atoms. The van der Waals surface area contributed by atoms with Gasteiger partial charge < -0.3 is 4.57 Å². The number of piperidine rings is 1. The van der Waals surface area contributed by atoms with Gasteiger partial charge in [-0.05, 0) is 31.4 Å². The Bertz CT molecular complexity index is 855. The summed E-state index contributed by atoms with van der Waals surface area (Å²) >= 11 is 0. The highest BCUT2D eigenvalue weighted by Gasteiger charge is 2.40. The van der Waals surface area contributed by atoms with Crippen LogP contribution in [0.2, 0.25) is 0 Å². The zero-order valence-corrected chi connectivity index (χ0v) is 14.5. The summed E-state index contributed by atoms with van der Waals surface area (Å²) in [5.41, 5.74) is 0.376. The van der Waals surface area contributed by atoms with Gasteiger partial charge in [0.25, 0.3) is 0 Å². The zero-order valence-electron chi connectivity index (χ0n) is 13.7. The number of fused-ring (bicyclic) bond motifs is 1. The highest BCUT2D eigenvalue weighted by atomic mass is 32.2. The highest BCUT2D eigenvalue weighted by Crippen LogP contribution is 2.36. The number of hydrogen-bond donors (Lipinski definition) is 0. The van der Waals surface area contributed by atoms with E-state index in [9.17, 15) is 21.6 Å². The first-order valence-corrected chi connectivity index (χ1v) is 9.73. The molecule has 0 amide bonds. The molecule has 1 saturated heterocycles. The summed E-state index contributed by atoms with van der Waals surface area (Å²) in [4.78, 5) is 7.76. The molecule has 6 nitrogen and oxygen atoms in total. The van der Waals surface area contributed by atoms with Gasteiger partial charge in [0, 0.05) is 25.3 Å². The fourth-order valence-corrected chi connectivity index (χ4v) is 4.78. The van der Waals surface area contributed by atoms with Crippen LogP contribution in [-0.2, 0) is 16.2 Å². The molecule has 10 heteroatoms. The van der Waals surface area contributed by atoms with E-state index in [1.807, 2.05) is 0 Å². The molecule has 0 bridgehead atoms. The molecule has 1 aliphatic rings. The molecule has 0 aliphatic carbocycles. The minimum atomic E-state index is -4.59. The largest absolute Gasteiger partial charge is 0.449 e. The molecule has 1 aliphatic heterocycles. The van der Waals surface area contributed by atoms with Gasteiger partial charge in [-0.3, -0.25) is 0 Å². The van der Waals surface area contributed by atoms with Gasteiger partial charge in [0.15, 0.2) is 5.65 Å². The molecule has 1 fully saturated rings. The van der Waals surface area contributed by atoms with Crippen LogP contribution in [0.3, 0.4) is 0 Å². The number of nitrogens with zero attached hydrogens (tertiary/aromatic N) is 4. The third kappa shape index (κ3) is 3.50. The third-order valence-corrected chi connectivity index (χ3v) is 6.42. The maximum atomic E-state index is 13.4. The Balaban J connectivity index is 1.91. The topological polar surface area (TPSA) is 68.1 Å². The molecule has 0 unspecified atom stereocenters. The van der Waals surface area contributed by atoms with Gasteiger partial charge in [0.05, 0.1) is 5.75 Å². The van der Waals surface area contributed by atoms with E-state index in [2.05, 4.69) is 9.97 Å². The molecule has 2 aromatic heterocycles. The van der Waals surface area contributed by atoms with Crippen LogP contribution in [0.5, 0.6) is 0 Å². The predicted molar refractivity (Wildman–Crippen MR) is 86.5 cm³/mol. The molecular formula is C15H19F3N4O2S. The summed E-state index contributed by atoms with van der Waals surface area (Å²) in [5, 5.41) is 0. The van der Waals surface area contributed by atoms with E-state index >= 15 is 0 Å². The summed E-state index contributed by atoms with van der Waals surface area (Å²) < 4.78 is 66.9. The van der Waals surface area contributed by atoms with Crippen LogP contribution in [0, 0.1) is 0 Å². The van der Waals surface area contributed by atoms with Crippen molar-refractivity contribution in [2.75, 3.05) is 18.8 Å². The smallest absolute Gasteiger partial charge is 0.302 e. The van der Waals surface area contributed by atoms with Crippen molar-refractivity contribution in [3.63, 3.8) is 0 Å². The monoisotopic (exact) mass is 376 g/mol. The van der Waals surface area contributed by atoms with E-state index in [0.29, 0.717) is 19.3 Å². The van der Waals surface area contributed by atoms with Crippen LogP contribution in [-0.4, -0.2) is 46.1 Å². The van der Waals surface area contributed by atoms with E-state index < -0.39 is 28.1 Å². The van der Waals surface area contributed by atoms with Crippen LogP contribution in [0.1, 0.15) is 38.1 Å². The first kappa shape index (κ1) is 18.1. The quantitative estimate of drug-likeness (QED) is 0.823. The van der Waals surface area contributed by atoms with Crippen molar-refractivity contribution in [2.24, 2.45) is 0 Å². The minimum absolute atomic E-state index is 0.0566. The molecule has 2 aromatic rings. The zero-order chi connectivity index (χ0) is 18.2. The molecule has 25 heavy (non-hydrogen) atoms. The lowest BCUT2D eigenvalue weighted by Crippen LogP contribution is -2.40. The van der Waals surface area contributed by atoms with Crippen molar-refractivity contribution in [2.45, 2.75) is 38.4 Å². The summed E-state index contributed by atoms with van der Waals surface area (Å²) in [5.74, 6) is -0.919. The van der Waals surface area contributed by atoms with Crippen LogP contribution in [0.4, 0.5) is 13.2 Å². The molecule has 0 atom stereocenters. The van der Waals surface area contributed by atoms with Gasteiger partial charge in [-0.1, -0.05) is 6.92 Å². The van der Waals surface area contributed by atoms with Gasteiger partial charge in [0.1, 0.15) is 5.52 Å². The summed E-state index contributed by atoms with van der Waals surface area (Å²) in [7, 11) is -3.34. The van der Waals surface area contributed by atoms with Crippen molar-refractivity contribution >= 4 is 21.2 Å². The van der Waals surface area contributed by atoms with E-state index in [1.165, 1.54) is 16.6 Å². The first-order valence-electron chi connectivity index (χ1n) is 8.12. The maximum absolute atomic E-state index is 13.4. The summed E-state index contributed by atoms with van der Waals surface area (Å²) in [6.07, 6.45) is -2.05. The van der Waals surface area contributed by atoms with Crippen LogP contribution in [0.15, 0.2) is 18.3 Å². The molecule has 138 valence electrons. The van der Waals surface area contributed by atoms with Crippen molar-refractivity contribution in [3.05, 3.63) is 24.2 Å². The van der Waals surface area contributed by atoms with Crippen LogP contribution < -0.4 is 0 Å². The normalized spacial score (nSPS) is 18.1. The van der Waals surface area contributed by atoms with Crippen molar-refractivity contribution < 1.29 is 21.6 Å². The average molecular weight is 376 g/mol. The molecule has 3 rings (SSSR count). The fourth-order valence-electron chi connectivity index (χ4n) is 3.24. The number of halogens is 3. The SMILES string of the molecule is CCCS(=O)(=O)N1CCC(n2c(C(F)(F)F)nc3cccnc32)CC1. The molecule has 0 saturated carbocycles. The lowest BCUT2D eigenvalue weighted by Gasteiger charge is -2.32. The number of aromatic nitrogens is 3. The number of alkyl halides is 3. The van der Waals surface area contributed by atoms with Gasteiger partial charge in [-0.25, -0.2) is 22.7 Å². The standard InChI is InChI=1S/C15H19F3N4O2S/c1-2-10-25(23,24)21-8-5-11(6-9-21)22-13-12(4-3-7-19-13)20-14(22)15(16,17)18/h3-4,7,11H,2,5-6,8-10H2,1H3. The van der Waals surface area contributed by atoms with E-state index in [0.717, 1.165) is 4.57 Å². The highest BCUT2D eigenvalue weighted by molar-refractivity contribution is 7.89. The number of imidazole rings is 1. The van der Waals surface area contributed by atoms with E-state index in [1.54, 1.807) is 13.0 Å². The number of rotatable bonds is 4. The van der Waals surface area contributed by atoms with Gasteiger partial charge in [0.2, 0.25) is 15.8 Å². The Labute approximate surface area is 143 Å². The minimum Gasteiger partial charge on any atom is -0.302 e. The summed E-state index contributed by atoms with van der Waals surface area (Å²) in [6, 6.07) is 2.55. The Morgan fingerprint density at radius 1 is 1.28 bits per heavy atom. The van der Waals surface area contributed by atoms with Crippen molar-refractivity contribution in [3.8, 4) is 0 Å². The molecule has 0 aromatic carbocycles. The van der Waals surface area contributed by atoms with Crippen molar-refractivity contribution in [1.29, 1.82) is 0 Å². The number of hydrogen-bond acceptors (Lipinski definition) is 4. The van der Waals surface area contributed by atoms with Crippen LogP contribution >= 0.6 is 0 Å².